The Labute approximate surface area is 218 Å². The van der Waals surface area contributed by atoms with E-state index in [1.165, 1.54) is 48.5 Å². The van der Waals surface area contributed by atoms with Gasteiger partial charge < -0.3 is 9.47 Å². The van der Waals surface area contributed by atoms with Crippen LogP contribution in [0, 0.1) is 22.7 Å². The van der Waals surface area contributed by atoms with Crippen LogP contribution in [0.5, 0.6) is 23.0 Å². The molecule has 0 radical (unpaired) electrons. The molecule has 4 rings (SSSR count). The molecule has 0 spiro atoms. The van der Waals surface area contributed by atoms with E-state index in [2.05, 4.69) is 0 Å². The van der Waals surface area contributed by atoms with Gasteiger partial charge in [-0.3, -0.25) is 0 Å². The molecule has 0 aliphatic heterocycles. The van der Waals surface area contributed by atoms with Crippen LogP contribution >= 0.6 is 0 Å². The highest BCUT2D eigenvalue weighted by Gasteiger charge is 2.72. The van der Waals surface area contributed by atoms with Gasteiger partial charge in [-0.15, -0.1) is 0 Å². The molecular formula is C29H16F6N2O2. The molecule has 0 heterocycles. The molecule has 0 atom stereocenters. The van der Waals surface area contributed by atoms with Gasteiger partial charge in [-0.2, -0.15) is 36.9 Å². The van der Waals surface area contributed by atoms with Crippen molar-refractivity contribution < 1.29 is 35.8 Å². The molecule has 0 fully saturated rings. The SMILES string of the molecule is N#Cc1ccc(Oc2ccc(C(c3ccc(Oc4ccc(C#N)cc4)cc3)(C(F)(F)F)C(F)(F)F)cc2)cc1. The van der Waals surface area contributed by atoms with Gasteiger partial charge in [0.15, 0.2) is 0 Å². The van der Waals surface area contributed by atoms with Crippen molar-refractivity contribution in [3.63, 3.8) is 0 Å². The van der Waals surface area contributed by atoms with Crippen molar-refractivity contribution in [3.05, 3.63) is 119 Å². The number of benzene rings is 4. The predicted octanol–water partition coefficient (Wildman–Crippen LogP) is 8.43. The molecule has 0 aromatic heterocycles. The van der Waals surface area contributed by atoms with Crippen LogP contribution in [0.2, 0.25) is 0 Å². The van der Waals surface area contributed by atoms with Gasteiger partial charge in [-0.1, -0.05) is 24.3 Å². The topological polar surface area (TPSA) is 66.0 Å². The second kappa shape index (κ2) is 10.4. The molecule has 4 aromatic carbocycles. The highest BCUT2D eigenvalue weighted by atomic mass is 19.4. The number of ether oxygens (including phenoxy) is 2. The average Bonchev–Trinajstić information content (AvgIpc) is 2.90. The summed E-state index contributed by atoms with van der Waals surface area (Å²) in [5, 5.41) is 17.7. The maximum atomic E-state index is 14.4. The molecule has 0 saturated carbocycles. The summed E-state index contributed by atoms with van der Waals surface area (Å²) in [6.07, 6.45) is -11.5. The van der Waals surface area contributed by atoms with Crippen LogP contribution in [0.3, 0.4) is 0 Å². The van der Waals surface area contributed by atoms with Gasteiger partial charge in [0, 0.05) is 0 Å². The lowest BCUT2D eigenvalue weighted by Gasteiger charge is -2.38. The maximum Gasteiger partial charge on any atom is 0.411 e. The van der Waals surface area contributed by atoms with Gasteiger partial charge in [0.25, 0.3) is 0 Å². The summed E-state index contributed by atoms with van der Waals surface area (Å²) in [4.78, 5) is 0. The highest BCUT2D eigenvalue weighted by Crippen LogP contribution is 2.56. The lowest BCUT2D eigenvalue weighted by atomic mass is 9.73. The lowest BCUT2D eigenvalue weighted by Crippen LogP contribution is -2.54. The predicted molar refractivity (Wildman–Crippen MR) is 128 cm³/mol. The summed E-state index contributed by atoms with van der Waals surface area (Å²) >= 11 is 0. The molecule has 0 bridgehead atoms. The van der Waals surface area contributed by atoms with Crippen LogP contribution < -0.4 is 9.47 Å². The van der Waals surface area contributed by atoms with Gasteiger partial charge >= 0.3 is 12.4 Å². The summed E-state index contributed by atoms with van der Waals surface area (Å²) in [6.45, 7) is 0. The maximum absolute atomic E-state index is 14.4. The Kier molecular flexibility index (Phi) is 7.24. The fraction of sp³-hybridized carbons (Fsp3) is 0.103. The molecule has 0 N–H and O–H groups in total. The molecule has 0 saturated heterocycles. The van der Waals surface area contributed by atoms with E-state index < -0.39 is 28.9 Å². The molecule has 4 nitrogen and oxygen atoms in total. The van der Waals surface area contributed by atoms with E-state index in [9.17, 15) is 26.3 Å². The van der Waals surface area contributed by atoms with E-state index in [4.69, 9.17) is 20.0 Å². The zero-order chi connectivity index (χ0) is 28.3. The first-order chi connectivity index (χ1) is 18.5. The van der Waals surface area contributed by atoms with E-state index in [0.29, 0.717) is 11.1 Å². The molecular weight excluding hydrogens is 522 g/mol. The van der Waals surface area contributed by atoms with Crippen molar-refractivity contribution in [2.75, 3.05) is 0 Å². The van der Waals surface area contributed by atoms with Gasteiger partial charge in [0.1, 0.15) is 23.0 Å². The van der Waals surface area contributed by atoms with Crippen molar-refractivity contribution in [1.29, 1.82) is 10.5 Å². The van der Waals surface area contributed by atoms with Gasteiger partial charge in [-0.25, -0.2) is 0 Å². The Bertz CT molecular complexity index is 1390. The fourth-order valence-corrected chi connectivity index (χ4v) is 4.00. The minimum atomic E-state index is -5.75. The molecule has 0 aliphatic rings. The summed E-state index contributed by atoms with van der Waals surface area (Å²) in [5.41, 5.74) is -5.72. The Morgan fingerprint density at radius 1 is 0.436 bits per heavy atom. The van der Waals surface area contributed by atoms with E-state index in [1.807, 2.05) is 12.1 Å². The van der Waals surface area contributed by atoms with Crippen LogP contribution in [-0.2, 0) is 5.41 Å². The fourth-order valence-electron chi connectivity index (χ4n) is 4.00. The number of hydrogen-bond donors (Lipinski definition) is 0. The van der Waals surface area contributed by atoms with Crippen molar-refractivity contribution in [2.45, 2.75) is 17.8 Å². The van der Waals surface area contributed by atoms with Crippen LogP contribution in [-0.4, -0.2) is 12.4 Å². The van der Waals surface area contributed by atoms with Crippen LogP contribution in [0.15, 0.2) is 97.1 Å². The largest absolute Gasteiger partial charge is 0.457 e. The van der Waals surface area contributed by atoms with E-state index in [0.717, 1.165) is 48.5 Å². The second-order valence-corrected chi connectivity index (χ2v) is 8.27. The Hall–Kier alpha value is -4.96. The number of nitrogens with zero attached hydrogens (tertiary/aromatic N) is 2. The van der Waals surface area contributed by atoms with Crippen LogP contribution in [0.1, 0.15) is 22.3 Å². The summed E-state index contributed by atoms with van der Waals surface area (Å²) in [6, 6.07) is 22.4. The molecule has 10 heteroatoms. The Morgan fingerprint density at radius 2 is 0.692 bits per heavy atom. The molecule has 4 aromatic rings. The lowest BCUT2D eigenvalue weighted by molar-refractivity contribution is -0.288. The second-order valence-electron chi connectivity index (χ2n) is 8.27. The van der Waals surface area contributed by atoms with E-state index >= 15 is 0 Å². The zero-order valence-corrected chi connectivity index (χ0v) is 19.7. The Balaban J connectivity index is 1.69. The van der Waals surface area contributed by atoms with Crippen LogP contribution in [0.4, 0.5) is 26.3 Å². The first-order valence-corrected chi connectivity index (χ1v) is 11.2. The molecule has 0 amide bonds. The van der Waals surface area contributed by atoms with E-state index in [-0.39, 0.29) is 23.0 Å². The quantitative estimate of drug-likeness (QED) is 0.231. The number of alkyl halides is 6. The van der Waals surface area contributed by atoms with Crippen molar-refractivity contribution in [1.82, 2.24) is 0 Å². The third-order valence-corrected chi connectivity index (χ3v) is 5.86. The van der Waals surface area contributed by atoms with Gasteiger partial charge in [-0.05, 0) is 83.9 Å². The minimum absolute atomic E-state index is 0.00729. The molecule has 0 aliphatic carbocycles. The van der Waals surface area contributed by atoms with Gasteiger partial charge in [0.05, 0.1) is 23.3 Å². The monoisotopic (exact) mass is 538 g/mol. The molecule has 196 valence electrons. The van der Waals surface area contributed by atoms with Crippen molar-refractivity contribution in [2.24, 2.45) is 0 Å². The first-order valence-electron chi connectivity index (χ1n) is 11.2. The summed E-state index contributed by atoms with van der Waals surface area (Å²) in [7, 11) is 0. The molecule has 39 heavy (non-hydrogen) atoms. The standard InChI is InChI=1S/C29H16F6N2O2/c30-28(31,32)27(29(33,34)35,21-5-13-25(14-6-21)38-23-9-1-19(17-36)2-10-23)22-7-15-26(16-8-22)39-24-11-3-20(18-37)4-12-24/h1-16H. The summed E-state index contributed by atoms with van der Waals surface area (Å²) in [5.74, 6) is 0.510. The highest BCUT2D eigenvalue weighted by molar-refractivity contribution is 5.48. The third kappa shape index (κ3) is 5.36. The minimum Gasteiger partial charge on any atom is -0.457 e. The number of nitriles is 2. The van der Waals surface area contributed by atoms with Crippen LogP contribution in [0.25, 0.3) is 0 Å². The van der Waals surface area contributed by atoms with Crippen molar-refractivity contribution >= 4 is 0 Å². The van der Waals surface area contributed by atoms with Gasteiger partial charge in [0.2, 0.25) is 5.41 Å². The summed E-state index contributed by atoms with van der Waals surface area (Å²) < 4.78 is 97.7. The number of halogens is 6. The number of rotatable bonds is 6. The normalized spacial score (nSPS) is 11.8. The van der Waals surface area contributed by atoms with Crippen molar-refractivity contribution in [3.8, 4) is 35.1 Å². The zero-order valence-electron chi connectivity index (χ0n) is 19.7. The van der Waals surface area contributed by atoms with E-state index in [1.54, 1.807) is 0 Å². The third-order valence-electron chi connectivity index (χ3n) is 5.86. The smallest absolute Gasteiger partial charge is 0.411 e. The molecule has 0 unspecified atom stereocenters. The Morgan fingerprint density at radius 3 is 0.923 bits per heavy atom. The number of hydrogen-bond acceptors (Lipinski definition) is 4. The average molecular weight is 538 g/mol. The first kappa shape index (κ1) is 27.1.